The highest BCUT2D eigenvalue weighted by Gasteiger charge is 2.40. The lowest BCUT2D eigenvalue weighted by Gasteiger charge is -2.22. The van der Waals surface area contributed by atoms with Gasteiger partial charge in [-0.15, -0.1) is 22.7 Å². The molecule has 1 atom stereocenters. The lowest BCUT2D eigenvalue weighted by Crippen LogP contribution is -2.35. The SMILES string of the molecule is CCCCCCCCCCC(CCCCCCCC)CN1C(=O)c2nc3c(nc2C1=O)c1sc(Br)cc1c1cc(Br)sc13. The average molecular weight is 750 g/mol. The Morgan fingerprint density at radius 2 is 1.05 bits per heavy atom. The van der Waals surface area contributed by atoms with Gasteiger partial charge in [0.05, 0.1) is 17.0 Å². The van der Waals surface area contributed by atoms with Crippen LogP contribution in [0.1, 0.15) is 138 Å². The van der Waals surface area contributed by atoms with E-state index in [1.807, 2.05) is 0 Å². The molecular formula is C34H43Br2N3O2S2. The van der Waals surface area contributed by atoms with Crippen LogP contribution in [-0.4, -0.2) is 33.2 Å². The van der Waals surface area contributed by atoms with Crippen LogP contribution in [0.15, 0.2) is 19.7 Å². The second-order valence-electron chi connectivity index (χ2n) is 12.1. The number of benzene rings is 1. The van der Waals surface area contributed by atoms with Gasteiger partial charge in [0.15, 0.2) is 11.4 Å². The Morgan fingerprint density at radius 3 is 1.47 bits per heavy atom. The van der Waals surface area contributed by atoms with Gasteiger partial charge in [-0.05, 0) is 62.8 Å². The fraction of sp³-hybridized carbons (Fsp3) is 0.588. The zero-order valence-corrected chi connectivity index (χ0v) is 30.3. The standard InChI is InChI=1S/C34H43Br2N3O2S2/c1-3-5-7-9-11-12-14-16-18-22(17-15-13-10-8-6-4-2)21-39-33(40)29-30(34(39)41)38-28-27(37-29)31-23(19-25(35)42-31)24-20-26(36)43-32(24)28/h19-20,22H,3-18,21H2,1-2H3. The van der Waals surface area contributed by atoms with Crippen molar-refractivity contribution in [1.29, 1.82) is 0 Å². The molecule has 0 N–H and O–H groups in total. The molecule has 0 spiro atoms. The first-order valence-corrected chi connectivity index (χ1v) is 19.5. The zero-order valence-electron chi connectivity index (χ0n) is 25.5. The van der Waals surface area contributed by atoms with E-state index in [4.69, 9.17) is 9.97 Å². The number of hydrogen-bond acceptors (Lipinski definition) is 6. The van der Waals surface area contributed by atoms with E-state index in [1.165, 1.54) is 81.9 Å². The largest absolute Gasteiger partial charge is 0.281 e. The first kappa shape index (κ1) is 33.0. The Labute approximate surface area is 280 Å². The number of hydrogen-bond donors (Lipinski definition) is 0. The molecule has 43 heavy (non-hydrogen) atoms. The Kier molecular flexibility index (Phi) is 12.1. The summed E-state index contributed by atoms with van der Waals surface area (Å²) in [6, 6.07) is 4.21. The van der Waals surface area contributed by atoms with Gasteiger partial charge >= 0.3 is 0 Å². The average Bonchev–Trinajstić information content (AvgIpc) is 3.65. The summed E-state index contributed by atoms with van der Waals surface area (Å²) in [6.07, 6.45) is 19.9. The number of carbonyl (C=O) groups excluding carboxylic acids is 2. The molecule has 0 saturated heterocycles. The molecule has 5 rings (SSSR count). The maximum atomic E-state index is 13.7. The van der Waals surface area contributed by atoms with Crippen LogP contribution in [-0.2, 0) is 0 Å². The van der Waals surface area contributed by atoms with E-state index < -0.39 is 0 Å². The van der Waals surface area contributed by atoms with Crippen molar-refractivity contribution in [1.82, 2.24) is 14.9 Å². The third-order valence-electron chi connectivity index (χ3n) is 8.79. The number of imide groups is 1. The maximum absolute atomic E-state index is 13.7. The third-order valence-corrected chi connectivity index (χ3v) is 12.1. The molecule has 9 heteroatoms. The summed E-state index contributed by atoms with van der Waals surface area (Å²) in [7, 11) is 0. The number of aromatic nitrogens is 2. The summed E-state index contributed by atoms with van der Waals surface area (Å²) in [5.41, 5.74) is 1.83. The number of thiophene rings is 2. The van der Waals surface area contributed by atoms with Crippen LogP contribution in [0.5, 0.6) is 0 Å². The van der Waals surface area contributed by atoms with Crippen LogP contribution < -0.4 is 0 Å². The van der Waals surface area contributed by atoms with Gasteiger partial charge in [0.2, 0.25) is 0 Å². The highest BCUT2D eigenvalue weighted by Crippen LogP contribution is 2.45. The minimum Gasteiger partial charge on any atom is -0.271 e. The van der Waals surface area contributed by atoms with Gasteiger partial charge in [0, 0.05) is 17.3 Å². The highest BCUT2D eigenvalue weighted by atomic mass is 79.9. The molecule has 1 aliphatic rings. The molecule has 1 aliphatic heterocycles. The number of carbonyl (C=O) groups is 2. The quantitative estimate of drug-likeness (QED) is 0.0751. The van der Waals surface area contributed by atoms with Crippen LogP contribution >= 0.6 is 54.5 Å². The van der Waals surface area contributed by atoms with Crippen LogP contribution in [0.25, 0.3) is 31.2 Å². The molecule has 0 bridgehead atoms. The van der Waals surface area contributed by atoms with Crippen LogP contribution in [0.2, 0.25) is 0 Å². The maximum Gasteiger partial charge on any atom is 0.281 e. The minimum absolute atomic E-state index is 0.212. The summed E-state index contributed by atoms with van der Waals surface area (Å²) in [6.45, 7) is 4.98. The number of fused-ring (bicyclic) bond motifs is 7. The fourth-order valence-corrected chi connectivity index (χ4v) is 9.61. The van der Waals surface area contributed by atoms with E-state index in [1.54, 1.807) is 22.7 Å². The zero-order chi connectivity index (χ0) is 30.3. The van der Waals surface area contributed by atoms with Crippen molar-refractivity contribution in [2.45, 2.75) is 117 Å². The second-order valence-corrected chi connectivity index (χ2v) is 17.0. The topological polar surface area (TPSA) is 63.2 Å². The van der Waals surface area contributed by atoms with Crippen molar-refractivity contribution in [3.63, 3.8) is 0 Å². The van der Waals surface area contributed by atoms with Crippen molar-refractivity contribution in [3.8, 4) is 0 Å². The van der Waals surface area contributed by atoms with Gasteiger partial charge < -0.3 is 0 Å². The first-order valence-electron chi connectivity index (χ1n) is 16.3. The van der Waals surface area contributed by atoms with Crippen molar-refractivity contribution >= 4 is 97.6 Å². The van der Waals surface area contributed by atoms with E-state index in [0.717, 1.165) is 53.4 Å². The number of rotatable bonds is 18. The molecule has 0 fully saturated rings. The number of nitrogens with zero attached hydrogens (tertiary/aromatic N) is 3. The molecule has 4 aromatic rings. The van der Waals surface area contributed by atoms with Gasteiger partial charge in [0.25, 0.3) is 11.8 Å². The summed E-state index contributed by atoms with van der Waals surface area (Å²) in [5, 5.41) is 2.18. The molecule has 0 aliphatic carbocycles. The molecule has 232 valence electrons. The Balaban J connectivity index is 1.32. The molecule has 4 heterocycles. The van der Waals surface area contributed by atoms with E-state index >= 15 is 0 Å². The van der Waals surface area contributed by atoms with Gasteiger partial charge in [-0.3, -0.25) is 14.5 Å². The highest BCUT2D eigenvalue weighted by molar-refractivity contribution is 9.11. The van der Waals surface area contributed by atoms with E-state index in [-0.39, 0.29) is 23.2 Å². The van der Waals surface area contributed by atoms with Gasteiger partial charge in [-0.1, -0.05) is 104 Å². The molecule has 5 nitrogen and oxygen atoms in total. The van der Waals surface area contributed by atoms with Gasteiger partial charge in [0.1, 0.15) is 11.0 Å². The van der Waals surface area contributed by atoms with Crippen molar-refractivity contribution in [2.75, 3.05) is 6.54 Å². The van der Waals surface area contributed by atoms with Crippen LogP contribution in [0, 0.1) is 5.92 Å². The number of halogens is 2. The molecular weight excluding hydrogens is 706 g/mol. The minimum atomic E-state index is -0.283. The molecule has 2 amide bonds. The summed E-state index contributed by atoms with van der Waals surface area (Å²) < 4.78 is 3.99. The van der Waals surface area contributed by atoms with E-state index in [9.17, 15) is 9.59 Å². The Bertz CT molecular complexity index is 1490. The monoisotopic (exact) mass is 747 g/mol. The lowest BCUT2D eigenvalue weighted by atomic mass is 9.93. The van der Waals surface area contributed by atoms with Gasteiger partial charge in [-0.2, -0.15) is 0 Å². The normalized spacial score (nSPS) is 14.2. The first-order chi connectivity index (χ1) is 20.9. The smallest absolute Gasteiger partial charge is 0.271 e. The Hall–Kier alpha value is -1.42. The van der Waals surface area contributed by atoms with E-state index in [0.29, 0.717) is 23.5 Å². The predicted molar refractivity (Wildman–Crippen MR) is 190 cm³/mol. The molecule has 3 aromatic heterocycles. The molecule has 1 aromatic carbocycles. The van der Waals surface area contributed by atoms with Crippen molar-refractivity contribution in [3.05, 3.63) is 31.1 Å². The van der Waals surface area contributed by atoms with Gasteiger partial charge in [-0.25, -0.2) is 9.97 Å². The summed E-state index contributed by atoms with van der Waals surface area (Å²) >= 11 is 10.5. The second kappa shape index (κ2) is 15.7. The Morgan fingerprint density at radius 1 is 0.651 bits per heavy atom. The van der Waals surface area contributed by atoms with E-state index in [2.05, 4.69) is 57.8 Å². The lowest BCUT2D eigenvalue weighted by molar-refractivity contribution is 0.0618. The van der Waals surface area contributed by atoms with Crippen LogP contribution in [0.4, 0.5) is 0 Å². The van der Waals surface area contributed by atoms with Crippen LogP contribution in [0.3, 0.4) is 0 Å². The number of amides is 2. The third kappa shape index (κ3) is 7.70. The molecule has 0 saturated carbocycles. The summed E-state index contributed by atoms with van der Waals surface area (Å²) in [5.74, 6) is -0.244. The summed E-state index contributed by atoms with van der Waals surface area (Å²) in [4.78, 5) is 38.7. The number of unbranched alkanes of at least 4 members (excludes halogenated alkanes) is 12. The van der Waals surface area contributed by atoms with Crippen molar-refractivity contribution in [2.24, 2.45) is 5.92 Å². The molecule has 0 radical (unpaired) electrons. The fourth-order valence-electron chi connectivity index (χ4n) is 6.40. The molecule has 1 unspecified atom stereocenters. The van der Waals surface area contributed by atoms with Crippen molar-refractivity contribution < 1.29 is 9.59 Å². The predicted octanol–water partition coefficient (Wildman–Crippen LogP) is 12.1.